The van der Waals surface area contributed by atoms with E-state index in [0.717, 1.165) is 73.6 Å². The van der Waals surface area contributed by atoms with Crippen molar-refractivity contribution in [2.75, 3.05) is 7.05 Å². The zero-order valence-corrected chi connectivity index (χ0v) is 21.7. The van der Waals surface area contributed by atoms with E-state index in [1.807, 2.05) is 23.0 Å². The fourth-order valence-electron chi connectivity index (χ4n) is 4.34. The van der Waals surface area contributed by atoms with Gasteiger partial charge < -0.3 is 15.4 Å². The second kappa shape index (κ2) is 11.8. The number of guanidine groups is 1. The molecule has 32 heavy (non-hydrogen) atoms. The topological polar surface area (TPSA) is 89.2 Å². The molecule has 1 saturated carbocycles. The Balaban J connectivity index is 0.00000289. The van der Waals surface area contributed by atoms with Gasteiger partial charge >= 0.3 is 0 Å². The first-order valence-corrected chi connectivity index (χ1v) is 11.6. The van der Waals surface area contributed by atoms with E-state index >= 15 is 0 Å². The number of fused-ring (bicyclic) bond motifs is 1. The summed E-state index contributed by atoms with van der Waals surface area (Å²) >= 11 is 0. The molecule has 0 spiro atoms. The molecule has 2 aromatic rings. The van der Waals surface area contributed by atoms with E-state index in [1.165, 1.54) is 12.8 Å². The molecule has 9 heteroatoms. The Hall–Kier alpha value is -1.91. The lowest BCUT2D eigenvalue weighted by Gasteiger charge is -2.26. The van der Waals surface area contributed by atoms with Gasteiger partial charge in [-0.2, -0.15) is 5.10 Å². The standard InChI is InChI=1S/C23H35N7O.HI/c1-4-20-28-21-10-7-18(15-30(21)29-20)27-23(24-3)26-14-17-11-12-25-22(13-17)31-19-8-5-16(2)6-9-19;/h11-13,16,18-19H,4-10,14-15H2,1-3H3,(H2,24,26,27);1H. The van der Waals surface area contributed by atoms with E-state index in [1.54, 1.807) is 7.05 Å². The third-order valence-corrected chi connectivity index (χ3v) is 6.29. The van der Waals surface area contributed by atoms with Crippen LogP contribution in [-0.2, 0) is 25.9 Å². The summed E-state index contributed by atoms with van der Waals surface area (Å²) in [6, 6.07) is 4.34. The van der Waals surface area contributed by atoms with Crippen molar-refractivity contribution in [1.29, 1.82) is 0 Å². The van der Waals surface area contributed by atoms with Gasteiger partial charge in [0.2, 0.25) is 5.88 Å². The fourth-order valence-corrected chi connectivity index (χ4v) is 4.34. The summed E-state index contributed by atoms with van der Waals surface area (Å²) in [4.78, 5) is 13.4. The van der Waals surface area contributed by atoms with Gasteiger partial charge in [-0.05, 0) is 49.7 Å². The number of halogens is 1. The van der Waals surface area contributed by atoms with Crippen molar-refractivity contribution in [3.8, 4) is 5.88 Å². The zero-order chi connectivity index (χ0) is 21.6. The molecule has 2 aliphatic rings. The number of nitrogens with one attached hydrogen (secondary N) is 2. The van der Waals surface area contributed by atoms with E-state index in [4.69, 9.17) is 4.74 Å². The molecule has 1 aliphatic heterocycles. The van der Waals surface area contributed by atoms with Crippen LogP contribution in [0.5, 0.6) is 5.88 Å². The largest absolute Gasteiger partial charge is 0.474 e. The van der Waals surface area contributed by atoms with E-state index in [9.17, 15) is 0 Å². The van der Waals surface area contributed by atoms with Gasteiger partial charge in [-0.3, -0.25) is 4.99 Å². The number of rotatable bonds is 6. The summed E-state index contributed by atoms with van der Waals surface area (Å²) in [6.07, 6.45) is 9.68. The van der Waals surface area contributed by atoms with Gasteiger partial charge in [0.05, 0.1) is 6.54 Å². The quantitative estimate of drug-likeness (QED) is 0.324. The number of hydrogen-bond donors (Lipinski definition) is 2. The minimum Gasteiger partial charge on any atom is -0.474 e. The molecule has 0 saturated heterocycles. The molecule has 3 heterocycles. The highest BCUT2D eigenvalue weighted by Crippen LogP contribution is 2.26. The van der Waals surface area contributed by atoms with Crippen molar-refractivity contribution in [2.24, 2.45) is 10.9 Å². The van der Waals surface area contributed by atoms with Crippen LogP contribution in [0.4, 0.5) is 0 Å². The number of nitrogens with zero attached hydrogens (tertiary/aromatic N) is 5. The summed E-state index contributed by atoms with van der Waals surface area (Å²) < 4.78 is 8.18. The molecule has 1 atom stereocenters. The van der Waals surface area contributed by atoms with Gasteiger partial charge in [-0.15, -0.1) is 24.0 Å². The smallest absolute Gasteiger partial charge is 0.213 e. The molecule has 0 radical (unpaired) electrons. The number of hydrogen-bond acceptors (Lipinski definition) is 5. The monoisotopic (exact) mass is 553 g/mol. The van der Waals surface area contributed by atoms with Crippen molar-refractivity contribution in [3.63, 3.8) is 0 Å². The van der Waals surface area contributed by atoms with Crippen LogP contribution >= 0.6 is 24.0 Å². The van der Waals surface area contributed by atoms with Gasteiger partial charge in [0.25, 0.3) is 0 Å². The fraction of sp³-hybridized carbons (Fsp3) is 0.652. The Morgan fingerprint density at radius 3 is 2.81 bits per heavy atom. The minimum absolute atomic E-state index is 0. The maximum Gasteiger partial charge on any atom is 0.213 e. The number of ether oxygens (including phenoxy) is 1. The van der Waals surface area contributed by atoms with E-state index in [0.29, 0.717) is 12.6 Å². The summed E-state index contributed by atoms with van der Waals surface area (Å²) in [7, 11) is 1.80. The second-order valence-corrected chi connectivity index (χ2v) is 8.79. The van der Waals surface area contributed by atoms with Crippen LogP contribution in [0.15, 0.2) is 23.3 Å². The molecule has 2 N–H and O–H groups in total. The van der Waals surface area contributed by atoms with Crippen LogP contribution in [0.2, 0.25) is 0 Å². The third kappa shape index (κ3) is 6.55. The summed E-state index contributed by atoms with van der Waals surface area (Å²) in [5, 5.41) is 11.5. The van der Waals surface area contributed by atoms with Crippen molar-refractivity contribution >= 4 is 29.9 Å². The van der Waals surface area contributed by atoms with Crippen molar-refractivity contribution in [3.05, 3.63) is 35.5 Å². The average Bonchev–Trinajstić information content (AvgIpc) is 3.21. The van der Waals surface area contributed by atoms with Gasteiger partial charge in [0, 0.05) is 44.7 Å². The molecule has 1 fully saturated rings. The van der Waals surface area contributed by atoms with Crippen LogP contribution in [0.25, 0.3) is 0 Å². The Morgan fingerprint density at radius 1 is 1.25 bits per heavy atom. The van der Waals surface area contributed by atoms with Crippen LogP contribution in [-0.4, -0.2) is 44.9 Å². The van der Waals surface area contributed by atoms with Crippen LogP contribution in [0.3, 0.4) is 0 Å². The SMILES string of the molecule is CCc1nc2n(n1)CC(NC(=NC)NCc1ccnc(OC3CCC(C)CC3)c1)CC2.I. The molecular formula is C23H36IN7O. The molecule has 0 bridgehead atoms. The van der Waals surface area contributed by atoms with E-state index < -0.39 is 0 Å². The van der Waals surface area contributed by atoms with Crippen LogP contribution in [0.1, 0.15) is 63.2 Å². The molecular weight excluding hydrogens is 517 g/mol. The molecule has 0 amide bonds. The highest BCUT2D eigenvalue weighted by Gasteiger charge is 2.22. The van der Waals surface area contributed by atoms with Gasteiger partial charge in [-0.25, -0.2) is 14.6 Å². The maximum atomic E-state index is 6.14. The van der Waals surface area contributed by atoms with Gasteiger partial charge in [0.1, 0.15) is 11.9 Å². The Kier molecular flexibility index (Phi) is 9.12. The van der Waals surface area contributed by atoms with Gasteiger partial charge in [0.15, 0.2) is 11.8 Å². The first-order valence-electron chi connectivity index (χ1n) is 11.6. The molecule has 1 unspecified atom stereocenters. The Labute approximate surface area is 208 Å². The number of aromatic nitrogens is 4. The van der Waals surface area contributed by atoms with Crippen molar-refractivity contribution in [1.82, 2.24) is 30.4 Å². The number of pyridine rings is 1. The summed E-state index contributed by atoms with van der Waals surface area (Å²) in [6.45, 7) is 5.90. The van der Waals surface area contributed by atoms with Crippen molar-refractivity contribution in [2.45, 2.75) is 84.0 Å². The number of aliphatic imine (C=N–C) groups is 1. The lowest BCUT2D eigenvalue weighted by atomic mass is 9.89. The minimum atomic E-state index is 0. The number of aryl methyl sites for hydroxylation is 2. The lowest BCUT2D eigenvalue weighted by molar-refractivity contribution is 0.130. The molecule has 8 nitrogen and oxygen atoms in total. The predicted octanol–water partition coefficient (Wildman–Crippen LogP) is 3.49. The average molecular weight is 553 g/mol. The van der Waals surface area contributed by atoms with E-state index in [2.05, 4.69) is 44.5 Å². The Morgan fingerprint density at radius 2 is 2.06 bits per heavy atom. The molecule has 1 aliphatic carbocycles. The van der Waals surface area contributed by atoms with E-state index in [-0.39, 0.29) is 30.0 Å². The molecule has 176 valence electrons. The van der Waals surface area contributed by atoms with Crippen LogP contribution < -0.4 is 15.4 Å². The first-order chi connectivity index (χ1) is 15.1. The zero-order valence-electron chi connectivity index (χ0n) is 19.4. The highest BCUT2D eigenvalue weighted by molar-refractivity contribution is 14.0. The Bertz CT molecular complexity index is 892. The van der Waals surface area contributed by atoms with Crippen molar-refractivity contribution < 1.29 is 4.74 Å². The maximum absolute atomic E-state index is 6.14. The normalized spacial score (nSPS) is 23.1. The van der Waals surface area contributed by atoms with Crippen LogP contribution in [0, 0.1) is 5.92 Å². The summed E-state index contributed by atoms with van der Waals surface area (Å²) in [5.41, 5.74) is 1.13. The molecule has 2 aromatic heterocycles. The molecule has 0 aromatic carbocycles. The molecule has 4 rings (SSSR count). The highest BCUT2D eigenvalue weighted by atomic mass is 127. The van der Waals surface area contributed by atoms with Gasteiger partial charge in [-0.1, -0.05) is 13.8 Å². The summed E-state index contributed by atoms with van der Waals surface area (Å²) in [5.74, 6) is 4.35. The third-order valence-electron chi connectivity index (χ3n) is 6.29. The lowest BCUT2D eigenvalue weighted by Crippen LogP contribution is -2.46. The second-order valence-electron chi connectivity index (χ2n) is 8.79. The predicted molar refractivity (Wildman–Crippen MR) is 137 cm³/mol. The first kappa shape index (κ1) is 24.7.